The number of hydrogen-bond acceptors (Lipinski definition) is 4. The van der Waals surface area contributed by atoms with E-state index in [9.17, 15) is 9.59 Å². The first-order valence-electron chi connectivity index (χ1n) is 6.14. The van der Waals surface area contributed by atoms with Crippen molar-refractivity contribution in [3.05, 3.63) is 29.8 Å². The van der Waals surface area contributed by atoms with Crippen LogP contribution < -0.4 is 10.2 Å². The lowest BCUT2D eigenvalue weighted by atomic mass is 10.0. The van der Waals surface area contributed by atoms with Gasteiger partial charge in [0.2, 0.25) is 0 Å². The number of anilines is 1. The first-order chi connectivity index (χ1) is 9.10. The zero-order chi connectivity index (χ0) is 13.5. The fourth-order valence-corrected chi connectivity index (χ4v) is 2.55. The molecule has 1 amide bonds. The Morgan fingerprint density at radius 3 is 2.68 bits per heavy atom. The summed E-state index contributed by atoms with van der Waals surface area (Å²) in [6.45, 7) is 2.02. The molecule has 1 aromatic carbocycles. The van der Waals surface area contributed by atoms with Crippen LogP contribution in [0, 0.1) is 0 Å². The van der Waals surface area contributed by atoms with Crippen LogP contribution in [0.2, 0.25) is 0 Å². The van der Waals surface area contributed by atoms with Crippen molar-refractivity contribution in [3.63, 3.8) is 0 Å². The number of ether oxygens (including phenoxy) is 1. The van der Waals surface area contributed by atoms with Gasteiger partial charge < -0.3 is 15.2 Å². The molecule has 2 N–H and O–H groups in total. The summed E-state index contributed by atoms with van der Waals surface area (Å²) in [6.07, 6.45) is 0.439. The van der Waals surface area contributed by atoms with Gasteiger partial charge in [0.15, 0.2) is 0 Å². The maximum Gasteiger partial charge on any atom is 0.415 e. The number of aromatic carboxylic acids is 1. The van der Waals surface area contributed by atoms with Gasteiger partial charge in [0.25, 0.3) is 0 Å². The second-order valence-corrected chi connectivity index (χ2v) is 4.92. The molecule has 6 nitrogen and oxygen atoms in total. The summed E-state index contributed by atoms with van der Waals surface area (Å²) in [6, 6.07) is 6.24. The largest absolute Gasteiger partial charge is 0.478 e. The Kier molecular flexibility index (Phi) is 2.67. The Balaban J connectivity index is 1.82. The fraction of sp³-hybridized carbons (Fsp3) is 0.385. The first-order valence-corrected chi connectivity index (χ1v) is 6.14. The Morgan fingerprint density at radius 2 is 2.11 bits per heavy atom. The minimum absolute atomic E-state index is 0.202. The van der Waals surface area contributed by atoms with E-state index in [0.29, 0.717) is 18.8 Å². The van der Waals surface area contributed by atoms with Gasteiger partial charge in [0.1, 0.15) is 5.60 Å². The zero-order valence-corrected chi connectivity index (χ0v) is 10.3. The number of carboxylic acids is 1. The van der Waals surface area contributed by atoms with E-state index >= 15 is 0 Å². The summed E-state index contributed by atoms with van der Waals surface area (Å²) in [5.41, 5.74) is 0.440. The van der Waals surface area contributed by atoms with E-state index in [-0.39, 0.29) is 11.7 Å². The summed E-state index contributed by atoms with van der Waals surface area (Å²) in [5.74, 6) is -0.980. The number of hydrogen-bond donors (Lipinski definition) is 2. The standard InChI is InChI=1S/C13H14N2O4/c16-11(17)9-1-3-10(4-2-9)15-8-13(19-12(15)18)5-6-14-7-13/h1-4,14H,5-8H2,(H,16,17). The monoisotopic (exact) mass is 262 g/mol. The lowest BCUT2D eigenvalue weighted by Crippen LogP contribution is -2.36. The highest BCUT2D eigenvalue weighted by molar-refractivity contribution is 5.92. The van der Waals surface area contributed by atoms with Crippen LogP contribution in [-0.4, -0.2) is 42.4 Å². The number of amides is 1. The third-order valence-electron chi connectivity index (χ3n) is 3.60. The average Bonchev–Trinajstić information content (AvgIpc) is 2.97. The number of rotatable bonds is 2. The van der Waals surface area contributed by atoms with Gasteiger partial charge in [0, 0.05) is 18.7 Å². The van der Waals surface area contributed by atoms with Crippen molar-refractivity contribution in [1.29, 1.82) is 0 Å². The second kappa shape index (κ2) is 4.24. The summed E-state index contributed by atoms with van der Waals surface area (Å²) in [5, 5.41) is 12.0. The van der Waals surface area contributed by atoms with Gasteiger partial charge in [-0.1, -0.05) is 0 Å². The SMILES string of the molecule is O=C(O)c1ccc(N2CC3(CCNC3)OC2=O)cc1. The highest BCUT2D eigenvalue weighted by Gasteiger charge is 2.47. The summed E-state index contributed by atoms with van der Waals surface area (Å²) >= 11 is 0. The molecule has 1 spiro atoms. The predicted molar refractivity (Wildman–Crippen MR) is 67.4 cm³/mol. The number of carboxylic acid groups (broad SMARTS) is 1. The quantitative estimate of drug-likeness (QED) is 0.833. The van der Waals surface area contributed by atoms with E-state index in [2.05, 4.69) is 5.32 Å². The van der Waals surface area contributed by atoms with Gasteiger partial charge in [-0.25, -0.2) is 9.59 Å². The normalized spacial score (nSPS) is 25.9. The van der Waals surface area contributed by atoms with E-state index in [1.807, 2.05) is 0 Å². The molecule has 3 rings (SSSR count). The molecule has 2 fully saturated rings. The van der Waals surface area contributed by atoms with Gasteiger partial charge in [0.05, 0.1) is 12.1 Å². The van der Waals surface area contributed by atoms with Crippen molar-refractivity contribution in [1.82, 2.24) is 5.32 Å². The highest BCUT2D eigenvalue weighted by Crippen LogP contribution is 2.32. The molecule has 6 heteroatoms. The summed E-state index contributed by atoms with van der Waals surface area (Å²) in [4.78, 5) is 24.3. The average molecular weight is 262 g/mol. The molecule has 1 aromatic rings. The number of nitrogens with one attached hydrogen (secondary N) is 1. The Hall–Kier alpha value is -2.08. The molecule has 0 bridgehead atoms. The Morgan fingerprint density at radius 1 is 1.37 bits per heavy atom. The molecule has 0 saturated carbocycles. The molecular formula is C13H14N2O4. The molecule has 2 heterocycles. The molecular weight excluding hydrogens is 248 g/mol. The van der Waals surface area contributed by atoms with Crippen molar-refractivity contribution in [2.45, 2.75) is 12.0 Å². The molecule has 1 atom stereocenters. The molecule has 2 aliphatic heterocycles. The van der Waals surface area contributed by atoms with Gasteiger partial charge in [-0.05, 0) is 30.8 Å². The van der Waals surface area contributed by atoms with Crippen molar-refractivity contribution in [3.8, 4) is 0 Å². The molecule has 19 heavy (non-hydrogen) atoms. The van der Waals surface area contributed by atoms with Gasteiger partial charge in [-0.15, -0.1) is 0 Å². The maximum absolute atomic E-state index is 11.9. The van der Waals surface area contributed by atoms with Crippen molar-refractivity contribution in [2.24, 2.45) is 0 Å². The van der Waals surface area contributed by atoms with Crippen LogP contribution in [-0.2, 0) is 4.74 Å². The third-order valence-corrected chi connectivity index (χ3v) is 3.60. The number of carbonyl (C=O) groups is 2. The summed E-state index contributed by atoms with van der Waals surface area (Å²) < 4.78 is 5.46. The smallest absolute Gasteiger partial charge is 0.415 e. The van der Waals surface area contributed by atoms with Crippen LogP contribution in [0.4, 0.5) is 10.5 Å². The van der Waals surface area contributed by atoms with E-state index in [1.54, 1.807) is 17.0 Å². The minimum atomic E-state index is -0.980. The molecule has 0 aromatic heterocycles. The molecule has 2 aliphatic rings. The number of carbonyl (C=O) groups excluding carboxylic acids is 1. The topological polar surface area (TPSA) is 78.9 Å². The first kappa shape index (κ1) is 12.0. The lowest BCUT2D eigenvalue weighted by Gasteiger charge is -2.19. The predicted octanol–water partition coefficient (Wildman–Crippen LogP) is 1.07. The molecule has 2 saturated heterocycles. The van der Waals surface area contributed by atoms with Crippen LogP contribution in [0.15, 0.2) is 24.3 Å². The van der Waals surface area contributed by atoms with Gasteiger partial charge >= 0.3 is 12.1 Å². The second-order valence-electron chi connectivity index (χ2n) is 4.92. The van der Waals surface area contributed by atoms with E-state index < -0.39 is 11.6 Å². The zero-order valence-electron chi connectivity index (χ0n) is 10.3. The van der Waals surface area contributed by atoms with E-state index in [1.165, 1.54) is 12.1 Å². The van der Waals surface area contributed by atoms with Crippen LogP contribution in [0.1, 0.15) is 16.8 Å². The van der Waals surface area contributed by atoms with Crippen molar-refractivity contribution < 1.29 is 19.4 Å². The number of benzene rings is 1. The van der Waals surface area contributed by atoms with Crippen LogP contribution in [0.3, 0.4) is 0 Å². The van der Waals surface area contributed by atoms with Gasteiger partial charge in [-0.3, -0.25) is 4.90 Å². The van der Waals surface area contributed by atoms with Gasteiger partial charge in [-0.2, -0.15) is 0 Å². The van der Waals surface area contributed by atoms with Crippen LogP contribution >= 0.6 is 0 Å². The Bertz CT molecular complexity index is 520. The van der Waals surface area contributed by atoms with Crippen molar-refractivity contribution in [2.75, 3.05) is 24.5 Å². The molecule has 0 radical (unpaired) electrons. The number of nitrogens with zero attached hydrogens (tertiary/aromatic N) is 1. The van der Waals surface area contributed by atoms with E-state index in [0.717, 1.165) is 13.0 Å². The minimum Gasteiger partial charge on any atom is -0.478 e. The van der Waals surface area contributed by atoms with Crippen molar-refractivity contribution >= 4 is 17.7 Å². The third kappa shape index (κ3) is 2.04. The molecule has 0 aliphatic carbocycles. The van der Waals surface area contributed by atoms with Crippen LogP contribution in [0.25, 0.3) is 0 Å². The molecule has 100 valence electrons. The van der Waals surface area contributed by atoms with Crippen LogP contribution in [0.5, 0.6) is 0 Å². The van der Waals surface area contributed by atoms with E-state index in [4.69, 9.17) is 9.84 Å². The Labute approximate surface area is 110 Å². The molecule has 1 unspecified atom stereocenters. The fourth-order valence-electron chi connectivity index (χ4n) is 2.55. The summed E-state index contributed by atoms with van der Waals surface area (Å²) in [7, 11) is 0. The maximum atomic E-state index is 11.9. The lowest BCUT2D eigenvalue weighted by molar-refractivity contribution is 0.0694. The highest BCUT2D eigenvalue weighted by atomic mass is 16.6.